The van der Waals surface area contributed by atoms with Crippen molar-refractivity contribution in [3.05, 3.63) is 283 Å². The molecule has 0 aliphatic heterocycles. The number of ether oxygens (including phenoxy) is 6. The highest BCUT2D eigenvalue weighted by atomic mass is 79.9. The van der Waals surface area contributed by atoms with Crippen LogP contribution in [0.5, 0.6) is 0 Å². The minimum Gasteiger partial charge on any atom is -0.391 e. The van der Waals surface area contributed by atoms with E-state index in [1.807, 2.05) is 209 Å². The number of ketones is 1. The van der Waals surface area contributed by atoms with E-state index in [0.717, 1.165) is 132 Å². The van der Waals surface area contributed by atoms with Gasteiger partial charge in [-0.05, 0) is 193 Å². The second kappa shape index (κ2) is 48.3. The number of nitrogens with one attached hydrogen (secondary N) is 1. The number of aliphatic hydroxyl groups is 5. The van der Waals surface area contributed by atoms with Crippen molar-refractivity contribution in [1.82, 2.24) is 39.5 Å². The van der Waals surface area contributed by atoms with Crippen molar-refractivity contribution < 1.29 is 71.3 Å². The molecule has 18 rings (SSSR count). The van der Waals surface area contributed by atoms with E-state index in [2.05, 4.69) is 101 Å². The van der Waals surface area contributed by atoms with Gasteiger partial charge in [-0.1, -0.05) is 182 Å². The fourth-order valence-electron chi connectivity index (χ4n) is 12.3. The third kappa shape index (κ3) is 31.5. The molecule has 0 saturated heterocycles. The Balaban J connectivity index is 0.000000138. The lowest BCUT2D eigenvalue weighted by atomic mass is 9.89. The molecular formula is C87H106Br4N8O15S. The van der Waals surface area contributed by atoms with E-state index in [1.54, 1.807) is 24.8 Å². The molecule has 8 aliphatic carbocycles. The van der Waals surface area contributed by atoms with Crippen LogP contribution < -0.4 is 0 Å². The van der Waals surface area contributed by atoms with E-state index in [4.69, 9.17) is 32.6 Å². The van der Waals surface area contributed by atoms with Crippen LogP contribution in [0.4, 0.5) is 0 Å². The molecule has 0 amide bonds. The van der Waals surface area contributed by atoms with E-state index in [-0.39, 0.29) is 91.1 Å². The van der Waals surface area contributed by atoms with Crippen molar-refractivity contribution in [2.75, 3.05) is 6.26 Å². The van der Waals surface area contributed by atoms with Gasteiger partial charge in [-0.15, -0.1) is 0 Å². The Bertz CT molecular complexity index is 4250. The predicted molar refractivity (Wildman–Crippen MR) is 452 cm³/mol. The van der Waals surface area contributed by atoms with Gasteiger partial charge in [0.2, 0.25) is 0 Å². The highest BCUT2D eigenvalue weighted by Crippen LogP contribution is 2.37. The number of aromatic amines is 1. The van der Waals surface area contributed by atoms with Gasteiger partial charge in [0, 0.05) is 31.2 Å². The number of carbonyl (C=O) groups is 1. The second-order valence-corrected chi connectivity index (χ2v) is 34.5. The molecule has 6 aromatic carbocycles. The van der Waals surface area contributed by atoms with Crippen LogP contribution in [0, 0.1) is 0 Å². The Labute approximate surface area is 708 Å². The molecule has 2 unspecified atom stereocenters. The van der Waals surface area contributed by atoms with Gasteiger partial charge >= 0.3 is 0 Å². The van der Waals surface area contributed by atoms with Crippen LogP contribution in [0.3, 0.4) is 0 Å². The largest absolute Gasteiger partial charge is 0.391 e. The fourth-order valence-corrected chi connectivity index (χ4v) is 14.1. The Morgan fingerprint density at radius 2 is 0.652 bits per heavy atom. The molecule has 6 N–H and O–H groups in total. The van der Waals surface area contributed by atoms with Crippen LogP contribution in [0.15, 0.2) is 249 Å². The molecule has 4 heterocycles. The summed E-state index contributed by atoms with van der Waals surface area (Å²) in [5.74, 6) is 0.246. The number of hydrogen-bond donors (Lipinski definition) is 6. The van der Waals surface area contributed by atoms with Crippen LogP contribution in [0.1, 0.15) is 154 Å². The molecule has 0 bridgehead atoms. The topological polar surface area (TPSA) is 299 Å². The van der Waals surface area contributed by atoms with Gasteiger partial charge < -0.3 is 54.0 Å². The average molecular weight is 1860 g/mol. The van der Waals surface area contributed by atoms with Crippen molar-refractivity contribution >= 4 is 79.6 Å². The van der Waals surface area contributed by atoms with Gasteiger partial charge in [-0.3, -0.25) is 28.1 Å². The number of aromatic nitrogens is 8. The summed E-state index contributed by atoms with van der Waals surface area (Å²) in [7, 11) is -3.38. The Morgan fingerprint density at radius 3 is 0.852 bits per heavy atom. The summed E-state index contributed by atoms with van der Waals surface area (Å²) < 4.78 is 70.1. The van der Waals surface area contributed by atoms with Crippen molar-refractivity contribution in [1.29, 1.82) is 0 Å². The van der Waals surface area contributed by atoms with Crippen LogP contribution in [-0.2, 0) is 87.2 Å². The first-order valence-electron chi connectivity index (χ1n) is 39.2. The van der Waals surface area contributed by atoms with Crippen molar-refractivity contribution in [2.45, 2.75) is 234 Å². The highest BCUT2D eigenvalue weighted by Gasteiger charge is 2.37. The molecule has 15 atom stereocenters. The second-order valence-electron chi connectivity index (χ2n) is 29.2. The van der Waals surface area contributed by atoms with E-state index in [9.17, 15) is 38.7 Å². The Morgan fingerprint density at radius 1 is 0.357 bits per heavy atom. The molecule has 8 fully saturated rings. The summed E-state index contributed by atoms with van der Waals surface area (Å²) in [5, 5.41) is 65.2. The standard InChI is InChI=1S/C14H15BrN2O.C12H16O4S.3C11H14O2.C11H12O2.2C7H9BrN2O.C3H3BrN2/c15-12-8-16-17(9-12)13-6-7-14(13)18-10-11-4-2-1-3-5-11;1-17(13,14)16-12-8-7-11(12)15-9-10-5-3-2-4-6-10;4*12-10-6-7-11(10)13-8-9-4-2-1-3-5-9;2*8-5-3-9-10(4-5)6-1-2-7(6)11;4-3-1-5-6-2-3/h1-5,8-9,13-14H,6-7,10H2;2-6,11-12H,7-9H2,1H3;3*1-5,10-12H,6-8H2;1-5,11H,6-8H2;2*3-4,6-7,11H,1-2H2;1-2H,(H,5,6)/t13-,14-;11-,12?;2*10-,11+;10-,11-;;2*6-,7-;/m00110.10./s1. The van der Waals surface area contributed by atoms with Gasteiger partial charge in [-0.25, -0.2) is 0 Å². The van der Waals surface area contributed by atoms with Crippen LogP contribution >= 0.6 is 63.7 Å². The first kappa shape index (κ1) is 90.5. The zero-order valence-electron chi connectivity index (χ0n) is 64.5. The minimum absolute atomic E-state index is 0.0696. The van der Waals surface area contributed by atoms with E-state index in [1.165, 1.54) is 22.3 Å². The predicted octanol–water partition coefficient (Wildman–Crippen LogP) is 16.2. The maximum absolute atomic E-state index is 11.0. The van der Waals surface area contributed by atoms with E-state index in [0.29, 0.717) is 52.1 Å². The SMILES string of the molecule is Brc1cn[nH]c1.Brc1cnn([C@H]2CC[C@@H]2OCc2ccccc2)c1.CS(=O)(=O)OC1CC[C@@H]1OCc1ccccc1.O=C1CCC1OCc1ccccc1.O[C@@H]1CC[C@@H]1OCc1ccccc1.O[C@@H]1CC[C@@H]1OCc1ccccc1.O[C@@H]1CC[C@H]1n1cc(Br)cn1.O[C@H]1CC[C@@H]1OCc1ccccc1.O[C@H]1CC[C@@H]1n1cc(Br)cn1. The zero-order valence-corrected chi connectivity index (χ0v) is 71.7. The Hall–Kier alpha value is -6.78. The maximum atomic E-state index is 11.0. The normalized spacial score (nSPS) is 24.9. The quantitative estimate of drug-likeness (QED) is 0.0324. The molecule has 28 heteroatoms. The molecule has 23 nitrogen and oxygen atoms in total. The van der Waals surface area contributed by atoms with Crippen LogP contribution in [-0.4, -0.2) is 159 Å². The maximum Gasteiger partial charge on any atom is 0.264 e. The molecule has 8 saturated carbocycles. The fraction of sp³-hybridized carbons (Fsp3) is 0.437. The lowest BCUT2D eigenvalue weighted by Gasteiger charge is -2.36. The smallest absolute Gasteiger partial charge is 0.264 e. The van der Waals surface area contributed by atoms with Gasteiger partial charge in [0.25, 0.3) is 10.1 Å². The number of nitrogens with zero attached hydrogens (tertiary/aromatic N) is 7. The van der Waals surface area contributed by atoms with Gasteiger partial charge in [0.15, 0.2) is 5.78 Å². The molecule has 115 heavy (non-hydrogen) atoms. The van der Waals surface area contributed by atoms with E-state index < -0.39 is 10.1 Å². The third-order valence-electron chi connectivity index (χ3n) is 20.6. The third-order valence-corrected chi connectivity index (χ3v) is 22.9. The molecule has 10 aromatic rings. The van der Waals surface area contributed by atoms with Crippen molar-refractivity contribution in [3.8, 4) is 0 Å². The lowest BCUT2D eigenvalue weighted by molar-refractivity contribution is -0.141. The number of H-pyrrole nitrogens is 1. The number of halogens is 4. The average Bonchev–Trinajstić information content (AvgIpc) is 1.74. The van der Waals surface area contributed by atoms with Gasteiger partial charge in [0.1, 0.15) is 12.2 Å². The Kier molecular flexibility index (Phi) is 38.0. The minimum atomic E-state index is -3.38. The number of aliphatic hydroxyl groups excluding tert-OH is 5. The number of Topliss-reactive ketones (excluding diaryl/α,β-unsaturated/α-hetero) is 1. The summed E-state index contributed by atoms with van der Waals surface area (Å²) in [6, 6.07) is 61.0. The molecule has 4 aromatic heterocycles. The number of benzene rings is 6. The molecule has 0 radical (unpaired) electrons. The van der Waals surface area contributed by atoms with Gasteiger partial charge in [0.05, 0.1) is 168 Å². The first-order chi connectivity index (χ1) is 55.7. The highest BCUT2D eigenvalue weighted by molar-refractivity contribution is 9.11. The number of hydrogen-bond acceptors (Lipinski definition) is 19. The van der Waals surface area contributed by atoms with E-state index >= 15 is 0 Å². The van der Waals surface area contributed by atoms with Crippen molar-refractivity contribution in [3.63, 3.8) is 0 Å². The van der Waals surface area contributed by atoms with Gasteiger partial charge in [-0.2, -0.15) is 28.8 Å². The first-order valence-corrected chi connectivity index (χ1v) is 44.2. The number of rotatable bonds is 23. The summed E-state index contributed by atoms with van der Waals surface area (Å²) in [5.41, 5.74) is 6.94. The summed E-state index contributed by atoms with van der Waals surface area (Å²) in [6.07, 6.45) is 29.5. The molecule has 8 aliphatic rings. The zero-order chi connectivity index (χ0) is 81.2. The van der Waals surface area contributed by atoms with Crippen LogP contribution in [0.2, 0.25) is 0 Å². The summed E-state index contributed by atoms with van der Waals surface area (Å²) in [6.45, 7) is 3.57. The molecule has 618 valence electrons. The molecular weight excluding hydrogens is 1750 g/mol. The monoisotopic (exact) mass is 1850 g/mol. The van der Waals surface area contributed by atoms with Crippen molar-refractivity contribution in [2.24, 2.45) is 0 Å². The lowest BCUT2D eigenvalue weighted by Crippen LogP contribution is -2.42. The summed E-state index contributed by atoms with van der Waals surface area (Å²) in [4.78, 5) is 10.9. The van der Waals surface area contributed by atoms with Crippen LogP contribution in [0.25, 0.3) is 0 Å². The molecule has 0 spiro atoms. The summed E-state index contributed by atoms with van der Waals surface area (Å²) >= 11 is 13.2. The number of carbonyl (C=O) groups excluding carboxylic acids is 1.